The molecule has 1 unspecified atom stereocenters. The Morgan fingerprint density at radius 2 is 1.90 bits per heavy atom. The molecule has 0 aliphatic carbocycles. The molecule has 4 heteroatoms. The fourth-order valence-electron chi connectivity index (χ4n) is 2.68. The fourth-order valence-corrected chi connectivity index (χ4v) is 2.68. The van der Waals surface area contributed by atoms with Crippen LogP contribution in [0.2, 0.25) is 0 Å². The van der Waals surface area contributed by atoms with Gasteiger partial charge in [0.05, 0.1) is 5.69 Å². The maximum Gasteiger partial charge on any atom is 0.320 e. The second-order valence-corrected chi connectivity index (χ2v) is 5.62. The Morgan fingerprint density at radius 3 is 2.70 bits per heavy atom. The molecule has 0 radical (unpaired) electrons. The molecule has 0 amide bonds. The summed E-state index contributed by atoms with van der Waals surface area (Å²) in [5, 5.41) is 9.24. The van der Waals surface area contributed by atoms with Gasteiger partial charge in [0.15, 0.2) is 0 Å². The maximum atomic E-state index is 11.2. The van der Waals surface area contributed by atoms with Gasteiger partial charge in [-0.15, -0.1) is 0 Å². The van der Waals surface area contributed by atoms with Gasteiger partial charge in [-0.3, -0.25) is 14.7 Å². The summed E-state index contributed by atoms with van der Waals surface area (Å²) in [5.41, 5.74) is 2.11. The summed E-state index contributed by atoms with van der Waals surface area (Å²) in [5.74, 6) is -0.756. The van der Waals surface area contributed by atoms with Crippen molar-refractivity contribution in [3.63, 3.8) is 0 Å². The number of hydrogen-bond donors (Lipinski definition) is 1. The van der Waals surface area contributed by atoms with Gasteiger partial charge >= 0.3 is 5.97 Å². The molecular formula is C16H24N2O2. The first-order chi connectivity index (χ1) is 9.66. The van der Waals surface area contributed by atoms with Crippen LogP contribution in [-0.4, -0.2) is 33.5 Å². The van der Waals surface area contributed by atoms with Crippen LogP contribution in [0.4, 0.5) is 0 Å². The largest absolute Gasteiger partial charge is 0.480 e. The molecule has 1 aromatic heterocycles. The molecule has 4 nitrogen and oxygen atoms in total. The minimum atomic E-state index is -0.756. The molecule has 1 aliphatic rings. The van der Waals surface area contributed by atoms with E-state index in [9.17, 15) is 9.90 Å². The predicted molar refractivity (Wildman–Crippen MR) is 78.5 cm³/mol. The van der Waals surface area contributed by atoms with Crippen molar-refractivity contribution in [3.8, 4) is 0 Å². The Morgan fingerprint density at radius 1 is 1.20 bits per heavy atom. The van der Waals surface area contributed by atoms with Gasteiger partial charge in [-0.2, -0.15) is 0 Å². The number of pyridine rings is 1. The summed E-state index contributed by atoms with van der Waals surface area (Å²) in [6.07, 6.45) is 6.95. The van der Waals surface area contributed by atoms with E-state index in [2.05, 4.69) is 11.1 Å². The predicted octanol–water partition coefficient (Wildman–Crippen LogP) is 2.86. The number of nitrogens with zero attached hydrogens (tertiary/aromatic N) is 2. The highest BCUT2D eigenvalue weighted by Crippen LogP contribution is 2.14. The van der Waals surface area contributed by atoms with Gasteiger partial charge in [-0.05, 0) is 44.9 Å². The van der Waals surface area contributed by atoms with Crippen LogP contribution in [0.1, 0.15) is 50.4 Å². The molecular weight excluding hydrogens is 252 g/mol. The Balaban J connectivity index is 2.15. The summed E-state index contributed by atoms with van der Waals surface area (Å²) in [6.45, 7) is 3.22. The zero-order valence-electron chi connectivity index (χ0n) is 12.2. The first-order valence-corrected chi connectivity index (χ1v) is 7.58. The number of aryl methyl sites for hydroxylation is 1. The van der Waals surface area contributed by atoms with Crippen molar-refractivity contribution in [2.75, 3.05) is 6.54 Å². The Bertz CT molecular complexity index is 448. The van der Waals surface area contributed by atoms with Crippen LogP contribution in [-0.2, 0) is 17.8 Å². The van der Waals surface area contributed by atoms with Crippen molar-refractivity contribution in [2.24, 2.45) is 0 Å². The molecule has 1 N–H and O–H groups in total. The van der Waals surface area contributed by atoms with E-state index in [4.69, 9.17) is 0 Å². The van der Waals surface area contributed by atoms with Crippen LogP contribution < -0.4 is 0 Å². The SMILES string of the molecule is CC(C(=O)O)N1CCCCCCCc2cccc(n2)C1. The molecule has 0 saturated carbocycles. The van der Waals surface area contributed by atoms with E-state index in [0.717, 1.165) is 30.8 Å². The van der Waals surface area contributed by atoms with Crippen molar-refractivity contribution in [3.05, 3.63) is 29.6 Å². The number of carboxylic acids is 1. The molecule has 1 aliphatic heterocycles. The van der Waals surface area contributed by atoms with Crippen molar-refractivity contribution < 1.29 is 9.90 Å². The number of carboxylic acid groups (broad SMARTS) is 1. The highest BCUT2D eigenvalue weighted by atomic mass is 16.4. The van der Waals surface area contributed by atoms with E-state index >= 15 is 0 Å². The smallest absolute Gasteiger partial charge is 0.320 e. The first-order valence-electron chi connectivity index (χ1n) is 7.58. The topological polar surface area (TPSA) is 53.4 Å². The summed E-state index contributed by atoms with van der Waals surface area (Å²) in [4.78, 5) is 17.9. The molecule has 2 rings (SSSR count). The molecule has 20 heavy (non-hydrogen) atoms. The molecule has 2 bridgehead atoms. The molecule has 1 atom stereocenters. The highest BCUT2D eigenvalue weighted by Gasteiger charge is 2.21. The third-order valence-electron chi connectivity index (χ3n) is 4.01. The van der Waals surface area contributed by atoms with Crippen molar-refractivity contribution in [1.29, 1.82) is 0 Å². The molecule has 0 fully saturated rings. The molecule has 110 valence electrons. The Hall–Kier alpha value is -1.42. The lowest BCUT2D eigenvalue weighted by Crippen LogP contribution is -2.39. The standard InChI is InChI=1S/C16H24N2O2/c1-13(16(19)20)18-11-6-4-2-3-5-8-14-9-7-10-15(12-18)17-14/h7,9-10,13H,2-6,8,11-12H2,1H3,(H,19,20). The van der Waals surface area contributed by atoms with E-state index in [-0.39, 0.29) is 0 Å². The molecule has 0 spiro atoms. The second-order valence-electron chi connectivity index (χ2n) is 5.62. The van der Waals surface area contributed by atoms with Crippen molar-refractivity contribution in [2.45, 2.75) is 58.0 Å². The number of aromatic nitrogens is 1. The lowest BCUT2D eigenvalue weighted by Gasteiger charge is -2.26. The van der Waals surface area contributed by atoms with Gasteiger partial charge < -0.3 is 5.11 Å². The zero-order valence-corrected chi connectivity index (χ0v) is 12.2. The Labute approximate surface area is 120 Å². The molecule has 0 saturated heterocycles. The molecule has 1 aromatic rings. The van der Waals surface area contributed by atoms with Crippen LogP contribution in [0.3, 0.4) is 0 Å². The van der Waals surface area contributed by atoms with E-state index in [1.807, 2.05) is 17.0 Å². The quantitative estimate of drug-likeness (QED) is 0.902. The lowest BCUT2D eigenvalue weighted by atomic mass is 10.1. The van der Waals surface area contributed by atoms with Gasteiger partial charge in [-0.25, -0.2) is 0 Å². The van der Waals surface area contributed by atoms with Crippen LogP contribution >= 0.6 is 0 Å². The van der Waals surface area contributed by atoms with Gasteiger partial charge in [0, 0.05) is 12.2 Å². The van der Waals surface area contributed by atoms with Gasteiger partial charge in [0.1, 0.15) is 6.04 Å². The van der Waals surface area contributed by atoms with Crippen LogP contribution in [0, 0.1) is 0 Å². The average Bonchev–Trinajstić information content (AvgIpc) is 2.43. The third-order valence-corrected chi connectivity index (χ3v) is 4.01. The minimum Gasteiger partial charge on any atom is -0.480 e. The summed E-state index contributed by atoms with van der Waals surface area (Å²) >= 11 is 0. The number of aliphatic carboxylic acids is 1. The highest BCUT2D eigenvalue weighted by molar-refractivity contribution is 5.72. The maximum absolute atomic E-state index is 11.2. The van der Waals surface area contributed by atoms with Crippen molar-refractivity contribution in [1.82, 2.24) is 9.88 Å². The zero-order chi connectivity index (χ0) is 14.4. The normalized spacial score (nSPS) is 19.6. The summed E-state index contributed by atoms with van der Waals surface area (Å²) in [7, 11) is 0. The van der Waals surface area contributed by atoms with Crippen LogP contribution in [0.15, 0.2) is 18.2 Å². The van der Waals surface area contributed by atoms with Gasteiger partial charge in [-0.1, -0.05) is 25.3 Å². The van der Waals surface area contributed by atoms with E-state index in [1.54, 1.807) is 6.92 Å². The lowest BCUT2D eigenvalue weighted by molar-refractivity contribution is -0.142. The van der Waals surface area contributed by atoms with Crippen LogP contribution in [0.5, 0.6) is 0 Å². The number of hydrogen-bond acceptors (Lipinski definition) is 3. The monoisotopic (exact) mass is 276 g/mol. The first kappa shape index (κ1) is 15.0. The summed E-state index contributed by atoms with van der Waals surface area (Å²) in [6, 6.07) is 5.65. The van der Waals surface area contributed by atoms with Crippen molar-refractivity contribution >= 4 is 5.97 Å². The molecule has 0 aromatic carbocycles. The van der Waals surface area contributed by atoms with Gasteiger partial charge in [0.25, 0.3) is 0 Å². The van der Waals surface area contributed by atoms with Crippen LogP contribution in [0.25, 0.3) is 0 Å². The number of carbonyl (C=O) groups is 1. The second kappa shape index (κ2) is 7.39. The third kappa shape index (κ3) is 4.30. The number of fused-ring (bicyclic) bond motifs is 2. The van der Waals surface area contributed by atoms with Gasteiger partial charge in [0.2, 0.25) is 0 Å². The molecule has 2 heterocycles. The fraction of sp³-hybridized carbons (Fsp3) is 0.625. The van der Waals surface area contributed by atoms with E-state index < -0.39 is 12.0 Å². The van der Waals surface area contributed by atoms with E-state index in [0.29, 0.717) is 6.54 Å². The summed E-state index contributed by atoms with van der Waals surface area (Å²) < 4.78 is 0. The minimum absolute atomic E-state index is 0.455. The average molecular weight is 276 g/mol. The Kier molecular flexibility index (Phi) is 5.53. The van der Waals surface area contributed by atoms with E-state index in [1.165, 1.54) is 25.7 Å². The number of rotatable bonds is 2.